The number of halogens is 1. The van der Waals surface area contributed by atoms with E-state index in [-0.39, 0.29) is 24.9 Å². The normalized spacial score (nSPS) is 35.8. The first kappa shape index (κ1) is 17.5. The fourth-order valence-electron chi connectivity index (χ4n) is 4.16. The molecule has 2 N–H and O–H groups in total. The minimum atomic E-state index is -1.18. The number of nitrogens with one attached hydrogen (secondary N) is 2. The number of rotatable bonds is 2. The molecular formula is C17H28FN3O3. The molecule has 0 aromatic carbocycles. The Hall–Kier alpha value is -1.37. The van der Waals surface area contributed by atoms with Crippen molar-refractivity contribution in [2.45, 2.75) is 63.9 Å². The minimum absolute atomic E-state index is 0.0458. The van der Waals surface area contributed by atoms with Crippen LogP contribution < -0.4 is 10.6 Å². The Bertz CT molecular complexity index is 508. The van der Waals surface area contributed by atoms with Gasteiger partial charge >= 0.3 is 6.09 Å². The molecule has 1 saturated carbocycles. The number of carbonyl (C=O) groups is 2. The van der Waals surface area contributed by atoms with Gasteiger partial charge in [-0.1, -0.05) is 0 Å². The van der Waals surface area contributed by atoms with E-state index in [1.54, 1.807) is 20.8 Å². The van der Waals surface area contributed by atoms with Crippen LogP contribution in [0, 0.1) is 11.8 Å². The molecule has 3 aliphatic rings. The molecule has 136 valence electrons. The number of fused-ring (bicyclic) bond motifs is 1. The van der Waals surface area contributed by atoms with Gasteiger partial charge < -0.3 is 15.4 Å². The Labute approximate surface area is 142 Å². The van der Waals surface area contributed by atoms with Crippen molar-refractivity contribution in [3.8, 4) is 0 Å². The van der Waals surface area contributed by atoms with Crippen molar-refractivity contribution >= 4 is 12.0 Å². The molecule has 1 aliphatic carbocycles. The molecule has 2 amide bonds. The predicted molar refractivity (Wildman–Crippen MR) is 87.3 cm³/mol. The van der Waals surface area contributed by atoms with Gasteiger partial charge in [-0.2, -0.15) is 0 Å². The SMILES string of the molecule is CC(C)(C)OC(=O)N1C[C@@H](F)C[C@H]1C(=O)N[C@H]1CC[C@@H]2CNC[C@@H]21. The second-order valence-corrected chi connectivity index (χ2v) is 8.26. The van der Waals surface area contributed by atoms with Crippen LogP contribution in [0.1, 0.15) is 40.0 Å². The third-order valence-electron chi connectivity index (χ3n) is 5.27. The average molecular weight is 341 g/mol. The van der Waals surface area contributed by atoms with E-state index in [2.05, 4.69) is 10.6 Å². The first-order chi connectivity index (χ1) is 11.2. The van der Waals surface area contributed by atoms with Crippen LogP contribution in [0.4, 0.5) is 9.18 Å². The molecule has 2 heterocycles. The molecule has 0 unspecified atom stereocenters. The van der Waals surface area contributed by atoms with Gasteiger partial charge in [0.05, 0.1) is 6.54 Å². The van der Waals surface area contributed by atoms with Gasteiger partial charge in [0.2, 0.25) is 5.91 Å². The predicted octanol–water partition coefficient (Wildman–Crippen LogP) is 1.45. The van der Waals surface area contributed by atoms with Gasteiger partial charge in [-0.25, -0.2) is 9.18 Å². The zero-order valence-corrected chi connectivity index (χ0v) is 14.7. The zero-order valence-electron chi connectivity index (χ0n) is 14.7. The smallest absolute Gasteiger partial charge is 0.411 e. The fraction of sp³-hybridized carbons (Fsp3) is 0.882. The maximum absolute atomic E-state index is 13.9. The molecule has 3 rings (SSSR count). The summed E-state index contributed by atoms with van der Waals surface area (Å²) in [5.41, 5.74) is -0.666. The van der Waals surface area contributed by atoms with Gasteiger partial charge in [0.25, 0.3) is 0 Å². The lowest BCUT2D eigenvalue weighted by atomic mass is 9.97. The second kappa shape index (κ2) is 6.50. The summed E-state index contributed by atoms with van der Waals surface area (Å²) in [5, 5.41) is 6.43. The second-order valence-electron chi connectivity index (χ2n) is 8.26. The highest BCUT2D eigenvalue weighted by molar-refractivity contribution is 5.86. The van der Waals surface area contributed by atoms with Crippen molar-refractivity contribution in [2.75, 3.05) is 19.6 Å². The van der Waals surface area contributed by atoms with Crippen LogP contribution in [0.5, 0.6) is 0 Å². The van der Waals surface area contributed by atoms with E-state index in [1.807, 2.05) is 0 Å². The summed E-state index contributed by atoms with van der Waals surface area (Å²) in [4.78, 5) is 26.2. The number of nitrogens with zero attached hydrogens (tertiary/aromatic N) is 1. The van der Waals surface area contributed by atoms with Gasteiger partial charge in [0.1, 0.15) is 17.8 Å². The molecule has 0 spiro atoms. The van der Waals surface area contributed by atoms with Crippen molar-refractivity contribution in [3.63, 3.8) is 0 Å². The lowest BCUT2D eigenvalue weighted by Crippen LogP contribution is -2.51. The van der Waals surface area contributed by atoms with E-state index < -0.39 is 23.9 Å². The Kier molecular flexibility index (Phi) is 4.73. The number of likely N-dealkylation sites (tertiary alicyclic amines) is 1. The van der Waals surface area contributed by atoms with E-state index in [9.17, 15) is 14.0 Å². The summed E-state index contributed by atoms with van der Waals surface area (Å²) >= 11 is 0. The molecular weight excluding hydrogens is 313 g/mol. The molecule has 0 radical (unpaired) electrons. The van der Waals surface area contributed by atoms with Gasteiger partial charge in [-0.15, -0.1) is 0 Å². The third-order valence-corrected chi connectivity index (χ3v) is 5.27. The Morgan fingerprint density at radius 3 is 2.71 bits per heavy atom. The van der Waals surface area contributed by atoms with Crippen LogP contribution in [0.25, 0.3) is 0 Å². The number of hydrogen-bond acceptors (Lipinski definition) is 4. The molecule has 7 heteroatoms. The number of hydrogen-bond donors (Lipinski definition) is 2. The number of amides is 2. The highest BCUT2D eigenvalue weighted by atomic mass is 19.1. The fourth-order valence-corrected chi connectivity index (χ4v) is 4.16. The van der Waals surface area contributed by atoms with Gasteiger partial charge in [0, 0.05) is 19.0 Å². The Morgan fingerprint density at radius 2 is 2.00 bits per heavy atom. The maximum atomic E-state index is 13.9. The van der Waals surface area contributed by atoms with Crippen LogP contribution in [-0.4, -0.2) is 60.4 Å². The third kappa shape index (κ3) is 3.66. The monoisotopic (exact) mass is 341 g/mol. The molecule has 0 aromatic rings. The largest absolute Gasteiger partial charge is 0.444 e. The summed E-state index contributed by atoms with van der Waals surface area (Å²) in [5.74, 6) is 0.819. The van der Waals surface area contributed by atoms with Crippen LogP contribution in [0.2, 0.25) is 0 Å². The summed E-state index contributed by atoms with van der Waals surface area (Å²) in [6.45, 7) is 7.13. The van der Waals surface area contributed by atoms with Gasteiger partial charge in [-0.05, 0) is 52.0 Å². The molecule has 2 saturated heterocycles. The topological polar surface area (TPSA) is 70.7 Å². The van der Waals surface area contributed by atoms with Gasteiger partial charge in [-0.3, -0.25) is 9.69 Å². The van der Waals surface area contributed by atoms with E-state index in [0.29, 0.717) is 11.8 Å². The van der Waals surface area contributed by atoms with Crippen molar-refractivity contribution in [1.29, 1.82) is 0 Å². The molecule has 0 bridgehead atoms. The molecule has 3 fully saturated rings. The van der Waals surface area contributed by atoms with Crippen LogP contribution >= 0.6 is 0 Å². The number of ether oxygens (including phenoxy) is 1. The molecule has 6 nitrogen and oxygen atoms in total. The molecule has 24 heavy (non-hydrogen) atoms. The highest BCUT2D eigenvalue weighted by Gasteiger charge is 2.45. The van der Waals surface area contributed by atoms with E-state index in [0.717, 1.165) is 25.9 Å². The quantitative estimate of drug-likeness (QED) is 0.797. The van der Waals surface area contributed by atoms with E-state index in [4.69, 9.17) is 4.74 Å². The lowest BCUT2D eigenvalue weighted by molar-refractivity contribution is -0.126. The summed E-state index contributed by atoms with van der Waals surface area (Å²) in [6.07, 6.45) is 0.312. The van der Waals surface area contributed by atoms with Crippen LogP contribution in [0.15, 0.2) is 0 Å². The van der Waals surface area contributed by atoms with Crippen molar-refractivity contribution < 1.29 is 18.7 Å². The first-order valence-electron chi connectivity index (χ1n) is 8.89. The van der Waals surface area contributed by atoms with Gasteiger partial charge in [0.15, 0.2) is 0 Å². The summed E-state index contributed by atoms with van der Waals surface area (Å²) < 4.78 is 19.2. The zero-order chi connectivity index (χ0) is 17.5. The van der Waals surface area contributed by atoms with Crippen molar-refractivity contribution in [2.24, 2.45) is 11.8 Å². The Balaban J connectivity index is 1.63. The lowest BCUT2D eigenvalue weighted by Gasteiger charge is -2.29. The Morgan fingerprint density at radius 1 is 1.25 bits per heavy atom. The minimum Gasteiger partial charge on any atom is -0.444 e. The standard InChI is InChI=1S/C17H28FN3O3/c1-17(2,3)24-16(23)21-9-11(18)6-14(21)15(22)20-13-5-4-10-7-19-8-12(10)13/h10-14,19H,4-9H2,1-3H3,(H,20,22)/t10-,11+,12+,13+,14+/m1/s1. The highest BCUT2D eigenvalue weighted by Crippen LogP contribution is 2.35. The van der Waals surface area contributed by atoms with Crippen molar-refractivity contribution in [1.82, 2.24) is 15.5 Å². The van der Waals surface area contributed by atoms with E-state index >= 15 is 0 Å². The summed E-state index contributed by atoms with van der Waals surface area (Å²) in [6, 6.07) is -0.653. The first-order valence-corrected chi connectivity index (χ1v) is 8.89. The van der Waals surface area contributed by atoms with E-state index in [1.165, 1.54) is 4.90 Å². The maximum Gasteiger partial charge on any atom is 0.411 e. The summed E-state index contributed by atoms with van der Waals surface area (Å²) in [7, 11) is 0. The molecule has 2 aliphatic heterocycles. The number of carbonyl (C=O) groups excluding carboxylic acids is 2. The molecule has 5 atom stereocenters. The van der Waals surface area contributed by atoms with Crippen LogP contribution in [-0.2, 0) is 9.53 Å². The number of alkyl halides is 1. The molecule has 0 aromatic heterocycles. The average Bonchev–Trinajstić information content (AvgIpc) is 3.13. The van der Waals surface area contributed by atoms with Crippen molar-refractivity contribution in [3.05, 3.63) is 0 Å². The van der Waals surface area contributed by atoms with Crippen LogP contribution in [0.3, 0.4) is 0 Å².